The predicted octanol–water partition coefficient (Wildman–Crippen LogP) is 1.87. The van der Waals surface area contributed by atoms with Gasteiger partial charge in [0.25, 0.3) is 5.91 Å². The van der Waals surface area contributed by atoms with E-state index in [9.17, 15) is 4.79 Å². The topological polar surface area (TPSA) is 68.5 Å². The van der Waals surface area contributed by atoms with Crippen molar-refractivity contribution < 1.29 is 9.53 Å². The van der Waals surface area contributed by atoms with Crippen molar-refractivity contribution >= 4 is 11.6 Å². The Morgan fingerprint density at radius 3 is 3.00 bits per heavy atom. The maximum Gasteiger partial charge on any atom is 0.258 e. The van der Waals surface area contributed by atoms with Gasteiger partial charge in [-0.15, -0.1) is 0 Å². The Bertz CT molecular complexity index is 685. The van der Waals surface area contributed by atoms with E-state index in [0.29, 0.717) is 24.4 Å². The number of rotatable bonds is 2. The number of pyridine rings is 1. The highest BCUT2D eigenvalue weighted by molar-refractivity contribution is 5.96. The van der Waals surface area contributed by atoms with Crippen LogP contribution in [-0.2, 0) is 13.0 Å². The number of nitrogen functional groups attached to an aromatic ring is 1. The number of hydrogen-bond donors (Lipinski definition) is 1. The Labute approximate surface area is 123 Å². The summed E-state index contributed by atoms with van der Waals surface area (Å²) in [6.07, 6.45) is 4.00. The summed E-state index contributed by atoms with van der Waals surface area (Å²) < 4.78 is 5.22. The number of fused-ring (bicyclic) bond motifs is 1. The first-order chi connectivity index (χ1) is 10.2. The Morgan fingerprint density at radius 2 is 2.19 bits per heavy atom. The average Bonchev–Trinajstić information content (AvgIpc) is 2.53. The minimum absolute atomic E-state index is 0.0395. The first-order valence-electron chi connectivity index (χ1n) is 6.83. The molecule has 1 aromatic heterocycles. The lowest BCUT2D eigenvalue weighted by atomic mass is 9.98. The third-order valence-electron chi connectivity index (χ3n) is 3.76. The fraction of sp³-hybridized carbons (Fsp3) is 0.250. The summed E-state index contributed by atoms with van der Waals surface area (Å²) in [5.74, 6) is 0.461. The molecule has 21 heavy (non-hydrogen) atoms. The van der Waals surface area contributed by atoms with Crippen LogP contribution in [0.15, 0.2) is 36.7 Å². The van der Waals surface area contributed by atoms with E-state index in [0.717, 1.165) is 17.7 Å². The fourth-order valence-corrected chi connectivity index (χ4v) is 2.64. The van der Waals surface area contributed by atoms with E-state index in [1.165, 1.54) is 5.56 Å². The number of nitrogens with two attached hydrogens (primary N) is 1. The maximum atomic E-state index is 12.7. The highest BCUT2D eigenvalue weighted by atomic mass is 16.5. The first kappa shape index (κ1) is 13.4. The molecule has 1 aromatic carbocycles. The molecule has 0 saturated heterocycles. The molecule has 5 heteroatoms. The number of carbonyl (C=O) groups excluding carboxylic acids is 1. The zero-order valence-corrected chi connectivity index (χ0v) is 11.9. The van der Waals surface area contributed by atoms with Gasteiger partial charge in [-0.1, -0.05) is 6.07 Å². The minimum Gasteiger partial charge on any atom is -0.494 e. The minimum atomic E-state index is -0.0395. The van der Waals surface area contributed by atoms with Crippen LogP contribution in [0.1, 0.15) is 21.5 Å². The SMILES string of the molecule is COc1cnccc1C(=O)N1CCc2ccc(N)cc2C1. The summed E-state index contributed by atoms with van der Waals surface area (Å²) in [6, 6.07) is 7.58. The van der Waals surface area contributed by atoms with Crippen LogP contribution in [0.25, 0.3) is 0 Å². The molecule has 2 aromatic rings. The molecule has 2 heterocycles. The number of hydrogen-bond acceptors (Lipinski definition) is 4. The van der Waals surface area contributed by atoms with E-state index in [1.54, 1.807) is 25.6 Å². The van der Waals surface area contributed by atoms with Crippen LogP contribution < -0.4 is 10.5 Å². The molecule has 1 amide bonds. The quantitative estimate of drug-likeness (QED) is 0.854. The Balaban J connectivity index is 1.87. The fourth-order valence-electron chi connectivity index (χ4n) is 2.64. The second-order valence-electron chi connectivity index (χ2n) is 5.08. The second kappa shape index (κ2) is 5.44. The van der Waals surface area contributed by atoms with Gasteiger partial charge in [-0.05, 0) is 35.7 Å². The molecule has 1 aliphatic rings. The molecular formula is C16H17N3O2. The van der Waals surface area contributed by atoms with E-state index in [1.807, 2.05) is 23.1 Å². The molecule has 0 bridgehead atoms. The number of amides is 1. The molecule has 0 atom stereocenters. The van der Waals surface area contributed by atoms with Gasteiger partial charge >= 0.3 is 0 Å². The molecular weight excluding hydrogens is 266 g/mol. The number of ether oxygens (including phenoxy) is 1. The molecule has 3 rings (SSSR count). The standard InChI is InChI=1S/C16H17N3O2/c1-21-15-9-18-6-4-14(15)16(20)19-7-5-11-2-3-13(17)8-12(11)10-19/h2-4,6,8-9H,5,7,10,17H2,1H3. The van der Waals surface area contributed by atoms with Crippen molar-refractivity contribution in [2.24, 2.45) is 0 Å². The summed E-state index contributed by atoms with van der Waals surface area (Å²) in [7, 11) is 1.54. The molecule has 0 aliphatic carbocycles. The van der Waals surface area contributed by atoms with Crippen LogP contribution in [0, 0.1) is 0 Å². The van der Waals surface area contributed by atoms with Crippen molar-refractivity contribution in [1.82, 2.24) is 9.88 Å². The maximum absolute atomic E-state index is 12.7. The lowest BCUT2D eigenvalue weighted by Crippen LogP contribution is -2.36. The van der Waals surface area contributed by atoms with Crippen LogP contribution in [-0.4, -0.2) is 29.4 Å². The zero-order chi connectivity index (χ0) is 14.8. The van der Waals surface area contributed by atoms with Gasteiger partial charge in [0.05, 0.1) is 18.9 Å². The van der Waals surface area contributed by atoms with Gasteiger partial charge in [0.15, 0.2) is 0 Å². The van der Waals surface area contributed by atoms with Crippen LogP contribution in [0.2, 0.25) is 0 Å². The van der Waals surface area contributed by atoms with Crippen molar-refractivity contribution in [3.8, 4) is 5.75 Å². The molecule has 108 valence electrons. The number of benzene rings is 1. The van der Waals surface area contributed by atoms with Crippen LogP contribution in [0.4, 0.5) is 5.69 Å². The first-order valence-corrected chi connectivity index (χ1v) is 6.83. The highest BCUT2D eigenvalue weighted by Crippen LogP contribution is 2.25. The van der Waals surface area contributed by atoms with Gasteiger partial charge < -0.3 is 15.4 Å². The Kier molecular flexibility index (Phi) is 3.48. The van der Waals surface area contributed by atoms with Gasteiger partial charge in [-0.25, -0.2) is 0 Å². The summed E-state index contributed by atoms with van der Waals surface area (Å²) in [6.45, 7) is 1.27. The Morgan fingerprint density at radius 1 is 1.33 bits per heavy atom. The third-order valence-corrected chi connectivity index (χ3v) is 3.76. The monoisotopic (exact) mass is 283 g/mol. The molecule has 1 aliphatic heterocycles. The molecule has 0 fully saturated rings. The van der Waals surface area contributed by atoms with E-state index in [4.69, 9.17) is 10.5 Å². The van der Waals surface area contributed by atoms with Crippen LogP contribution >= 0.6 is 0 Å². The zero-order valence-electron chi connectivity index (χ0n) is 11.9. The lowest BCUT2D eigenvalue weighted by Gasteiger charge is -2.29. The van der Waals surface area contributed by atoms with E-state index in [2.05, 4.69) is 4.98 Å². The highest BCUT2D eigenvalue weighted by Gasteiger charge is 2.24. The second-order valence-corrected chi connectivity index (χ2v) is 5.08. The molecule has 0 spiro atoms. The largest absolute Gasteiger partial charge is 0.494 e. The normalized spacial score (nSPS) is 13.7. The van der Waals surface area contributed by atoms with Gasteiger partial charge in [-0.2, -0.15) is 0 Å². The number of carbonyl (C=O) groups is 1. The Hall–Kier alpha value is -2.56. The van der Waals surface area contributed by atoms with Crippen LogP contribution in [0.5, 0.6) is 5.75 Å². The van der Waals surface area contributed by atoms with Crippen molar-refractivity contribution in [3.05, 3.63) is 53.3 Å². The van der Waals surface area contributed by atoms with Crippen molar-refractivity contribution in [1.29, 1.82) is 0 Å². The number of aromatic nitrogens is 1. The number of methoxy groups -OCH3 is 1. The molecule has 0 radical (unpaired) electrons. The predicted molar refractivity (Wildman–Crippen MR) is 80.1 cm³/mol. The van der Waals surface area contributed by atoms with Gasteiger partial charge in [0.2, 0.25) is 0 Å². The van der Waals surface area contributed by atoms with E-state index in [-0.39, 0.29) is 5.91 Å². The van der Waals surface area contributed by atoms with Crippen molar-refractivity contribution in [2.75, 3.05) is 19.4 Å². The van der Waals surface area contributed by atoms with Crippen molar-refractivity contribution in [3.63, 3.8) is 0 Å². The molecule has 5 nitrogen and oxygen atoms in total. The molecule has 0 saturated carbocycles. The van der Waals surface area contributed by atoms with Gasteiger partial charge in [0, 0.05) is 25.0 Å². The third kappa shape index (κ3) is 2.54. The average molecular weight is 283 g/mol. The molecule has 2 N–H and O–H groups in total. The van der Waals surface area contributed by atoms with Crippen LogP contribution in [0.3, 0.4) is 0 Å². The van der Waals surface area contributed by atoms with E-state index < -0.39 is 0 Å². The van der Waals surface area contributed by atoms with E-state index >= 15 is 0 Å². The summed E-state index contributed by atoms with van der Waals surface area (Å²) in [5.41, 5.74) is 9.47. The summed E-state index contributed by atoms with van der Waals surface area (Å²) in [4.78, 5) is 18.5. The summed E-state index contributed by atoms with van der Waals surface area (Å²) in [5, 5.41) is 0. The summed E-state index contributed by atoms with van der Waals surface area (Å²) >= 11 is 0. The van der Waals surface area contributed by atoms with Gasteiger partial charge in [-0.3, -0.25) is 9.78 Å². The molecule has 0 unspecified atom stereocenters. The lowest BCUT2D eigenvalue weighted by molar-refractivity contribution is 0.0731. The van der Waals surface area contributed by atoms with Gasteiger partial charge in [0.1, 0.15) is 5.75 Å². The smallest absolute Gasteiger partial charge is 0.258 e. The van der Waals surface area contributed by atoms with Crippen molar-refractivity contribution in [2.45, 2.75) is 13.0 Å². The number of nitrogens with zero attached hydrogens (tertiary/aromatic N) is 2. The number of anilines is 1.